The summed E-state index contributed by atoms with van der Waals surface area (Å²) in [5.41, 5.74) is 7.32. The van der Waals surface area contributed by atoms with Crippen LogP contribution in [-0.2, 0) is 4.74 Å². The minimum Gasteiger partial charge on any atom is -0.491 e. The summed E-state index contributed by atoms with van der Waals surface area (Å²) in [4.78, 5) is 0. The zero-order valence-corrected chi connectivity index (χ0v) is 10.6. The highest BCUT2D eigenvalue weighted by Gasteiger charge is 2.26. The van der Waals surface area contributed by atoms with Gasteiger partial charge in [0.2, 0.25) is 0 Å². The van der Waals surface area contributed by atoms with Crippen molar-refractivity contribution in [2.24, 2.45) is 5.73 Å². The highest BCUT2D eigenvalue weighted by molar-refractivity contribution is 5.36. The summed E-state index contributed by atoms with van der Waals surface area (Å²) in [5.74, 6) is 0.880. The van der Waals surface area contributed by atoms with Gasteiger partial charge in [-0.25, -0.2) is 0 Å². The van der Waals surface area contributed by atoms with E-state index in [2.05, 4.69) is 0 Å². The molecule has 0 aliphatic carbocycles. The monoisotopic (exact) mass is 235 g/mol. The van der Waals surface area contributed by atoms with Gasteiger partial charge in [-0.2, -0.15) is 0 Å². The highest BCUT2D eigenvalue weighted by Crippen LogP contribution is 2.31. The number of hydrogen-bond donors (Lipinski definition) is 1. The molecule has 1 fully saturated rings. The molecule has 0 saturated carbocycles. The van der Waals surface area contributed by atoms with E-state index in [1.807, 2.05) is 38.1 Å². The van der Waals surface area contributed by atoms with E-state index in [0.29, 0.717) is 0 Å². The Morgan fingerprint density at radius 3 is 2.76 bits per heavy atom. The van der Waals surface area contributed by atoms with Crippen LogP contribution in [0, 0.1) is 0 Å². The van der Waals surface area contributed by atoms with E-state index in [1.54, 1.807) is 0 Å². The molecule has 1 aliphatic heterocycles. The Labute approximate surface area is 103 Å². The molecular weight excluding hydrogens is 214 g/mol. The molecule has 0 radical (unpaired) electrons. The summed E-state index contributed by atoms with van der Waals surface area (Å²) in [7, 11) is 0. The van der Waals surface area contributed by atoms with Gasteiger partial charge in [0.25, 0.3) is 0 Å². The van der Waals surface area contributed by atoms with Crippen LogP contribution in [0.5, 0.6) is 5.75 Å². The summed E-state index contributed by atoms with van der Waals surface area (Å²) < 4.78 is 11.4. The van der Waals surface area contributed by atoms with Gasteiger partial charge in [0.15, 0.2) is 0 Å². The van der Waals surface area contributed by atoms with Gasteiger partial charge < -0.3 is 15.2 Å². The smallest absolute Gasteiger partial charge is 0.124 e. The lowest BCUT2D eigenvalue weighted by Gasteiger charge is -2.22. The molecule has 1 heterocycles. The normalized spacial score (nSPS) is 21.8. The molecule has 2 atom stereocenters. The first kappa shape index (κ1) is 12.4. The predicted octanol–water partition coefficient (Wildman–Crippen LogP) is 2.65. The largest absolute Gasteiger partial charge is 0.491 e. The molecule has 2 unspecified atom stereocenters. The summed E-state index contributed by atoms with van der Waals surface area (Å²) in [6, 6.07) is 7.89. The maximum Gasteiger partial charge on any atom is 0.124 e. The quantitative estimate of drug-likeness (QED) is 0.872. The third-order valence-electron chi connectivity index (χ3n) is 3.01. The van der Waals surface area contributed by atoms with Crippen molar-refractivity contribution < 1.29 is 9.47 Å². The first-order chi connectivity index (χ1) is 8.18. The Kier molecular flexibility index (Phi) is 4.02. The Balaban J connectivity index is 2.18. The second kappa shape index (κ2) is 5.52. The second-order valence-corrected chi connectivity index (χ2v) is 4.78. The topological polar surface area (TPSA) is 44.5 Å². The first-order valence-electron chi connectivity index (χ1n) is 6.31. The van der Waals surface area contributed by atoms with E-state index < -0.39 is 0 Å². The minimum atomic E-state index is -0.0903. The second-order valence-electron chi connectivity index (χ2n) is 4.78. The number of hydrogen-bond acceptors (Lipinski definition) is 3. The average Bonchev–Trinajstić information content (AvgIpc) is 2.81. The molecule has 3 nitrogen and oxygen atoms in total. The molecule has 0 spiro atoms. The fourth-order valence-electron chi connectivity index (χ4n) is 2.20. The third kappa shape index (κ3) is 2.99. The molecular formula is C14H21NO2. The van der Waals surface area contributed by atoms with Gasteiger partial charge >= 0.3 is 0 Å². The zero-order chi connectivity index (χ0) is 12.3. The number of ether oxygens (including phenoxy) is 2. The standard InChI is InChI=1S/C14H21NO2/c1-10(2)17-12-7-4-3-6-11(12)14(15)13-8-5-9-16-13/h3-4,6-7,10,13-14H,5,8-9,15H2,1-2H3. The average molecular weight is 235 g/mol. The third-order valence-corrected chi connectivity index (χ3v) is 3.01. The molecule has 17 heavy (non-hydrogen) atoms. The van der Waals surface area contributed by atoms with Crippen molar-refractivity contribution in [2.45, 2.75) is 44.9 Å². The lowest BCUT2D eigenvalue weighted by molar-refractivity contribution is 0.0885. The maximum absolute atomic E-state index is 6.27. The van der Waals surface area contributed by atoms with Crippen LogP contribution in [0.3, 0.4) is 0 Å². The lowest BCUT2D eigenvalue weighted by atomic mass is 9.99. The number of rotatable bonds is 4. The zero-order valence-electron chi connectivity index (χ0n) is 10.6. The van der Waals surface area contributed by atoms with Gasteiger partial charge in [0.05, 0.1) is 18.2 Å². The summed E-state index contributed by atoms with van der Waals surface area (Å²) in [6.45, 7) is 4.87. The van der Waals surface area contributed by atoms with E-state index in [9.17, 15) is 0 Å². The van der Waals surface area contributed by atoms with E-state index in [0.717, 1.165) is 30.8 Å². The number of benzene rings is 1. The van der Waals surface area contributed by atoms with Crippen LogP contribution in [0.15, 0.2) is 24.3 Å². The van der Waals surface area contributed by atoms with Crippen molar-refractivity contribution in [1.82, 2.24) is 0 Å². The van der Waals surface area contributed by atoms with Gasteiger partial charge in [-0.1, -0.05) is 18.2 Å². The molecule has 1 aromatic rings. The van der Waals surface area contributed by atoms with Crippen molar-refractivity contribution in [3.05, 3.63) is 29.8 Å². The molecule has 0 aromatic heterocycles. The molecule has 2 rings (SSSR count). The number of nitrogens with two attached hydrogens (primary N) is 1. The first-order valence-corrected chi connectivity index (χ1v) is 6.31. The van der Waals surface area contributed by atoms with Crippen molar-refractivity contribution >= 4 is 0 Å². The fourth-order valence-corrected chi connectivity index (χ4v) is 2.20. The van der Waals surface area contributed by atoms with Gasteiger partial charge in [-0.15, -0.1) is 0 Å². The van der Waals surface area contributed by atoms with E-state index in [1.165, 1.54) is 0 Å². The van der Waals surface area contributed by atoms with Gasteiger partial charge in [0, 0.05) is 12.2 Å². The van der Waals surface area contributed by atoms with Crippen molar-refractivity contribution in [2.75, 3.05) is 6.61 Å². The van der Waals surface area contributed by atoms with Gasteiger partial charge in [0.1, 0.15) is 5.75 Å². The molecule has 94 valence electrons. The number of para-hydroxylation sites is 1. The molecule has 0 bridgehead atoms. The van der Waals surface area contributed by atoms with Crippen molar-refractivity contribution in [1.29, 1.82) is 0 Å². The molecule has 0 amide bonds. The van der Waals surface area contributed by atoms with Crippen molar-refractivity contribution in [3.8, 4) is 5.75 Å². The Morgan fingerprint density at radius 2 is 2.12 bits per heavy atom. The Hall–Kier alpha value is -1.06. The molecule has 2 N–H and O–H groups in total. The van der Waals surface area contributed by atoms with Crippen LogP contribution in [0.25, 0.3) is 0 Å². The van der Waals surface area contributed by atoms with Crippen molar-refractivity contribution in [3.63, 3.8) is 0 Å². The van der Waals surface area contributed by atoms with Crippen LogP contribution in [-0.4, -0.2) is 18.8 Å². The highest BCUT2D eigenvalue weighted by atomic mass is 16.5. The lowest BCUT2D eigenvalue weighted by Crippen LogP contribution is -2.26. The molecule has 1 aromatic carbocycles. The van der Waals surface area contributed by atoms with Gasteiger partial charge in [-0.3, -0.25) is 0 Å². The van der Waals surface area contributed by atoms with Crippen LogP contribution in [0.4, 0.5) is 0 Å². The molecule has 3 heteroatoms. The molecule has 1 aliphatic rings. The maximum atomic E-state index is 6.27. The SMILES string of the molecule is CC(C)Oc1ccccc1C(N)C1CCCO1. The summed E-state index contributed by atoms with van der Waals surface area (Å²) in [6.07, 6.45) is 2.43. The van der Waals surface area contributed by atoms with E-state index in [4.69, 9.17) is 15.2 Å². The molecule has 1 saturated heterocycles. The van der Waals surface area contributed by atoms with E-state index >= 15 is 0 Å². The predicted molar refractivity (Wildman–Crippen MR) is 68.1 cm³/mol. The summed E-state index contributed by atoms with van der Waals surface area (Å²) >= 11 is 0. The summed E-state index contributed by atoms with van der Waals surface area (Å²) in [5, 5.41) is 0. The Bertz CT molecular complexity index is 359. The van der Waals surface area contributed by atoms with Crippen LogP contribution >= 0.6 is 0 Å². The van der Waals surface area contributed by atoms with Crippen LogP contribution in [0.2, 0.25) is 0 Å². The van der Waals surface area contributed by atoms with Crippen LogP contribution in [0.1, 0.15) is 38.3 Å². The van der Waals surface area contributed by atoms with Gasteiger partial charge in [-0.05, 0) is 32.8 Å². The Morgan fingerprint density at radius 1 is 1.35 bits per heavy atom. The van der Waals surface area contributed by atoms with Crippen LogP contribution < -0.4 is 10.5 Å². The minimum absolute atomic E-state index is 0.0903. The van der Waals surface area contributed by atoms with E-state index in [-0.39, 0.29) is 18.2 Å². The fraction of sp³-hybridized carbons (Fsp3) is 0.571.